The van der Waals surface area contributed by atoms with Crippen LogP contribution in [0.25, 0.3) is 0 Å². The number of halogens is 1. The SMILES string of the molecule is CN(C)Cc1ccccc1CN(C)C(=O)C(c1cccc(F)c1)N(C)C. The molecule has 5 heteroatoms. The molecule has 1 unspecified atom stereocenters. The Morgan fingerprint density at radius 1 is 0.923 bits per heavy atom. The molecule has 4 nitrogen and oxygen atoms in total. The summed E-state index contributed by atoms with van der Waals surface area (Å²) < 4.78 is 13.6. The van der Waals surface area contributed by atoms with E-state index in [0.29, 0.717) is 12.1 Å². The van der Waals surface area contributed by atoms with Gasteiger partial charge in [-0.3, -0.25) is 9.69 Å². The number of likely N-dealkylation sites (N-methyl/N-ethyl adjacent to an activating group) is 2. The predicted molar refractivity (Wildman–Crippen MR) is 103 cm³/mol. The van der Waals surface area contributed by atoms with E-state index in [2.05, 4.69) is 17.0 Å². The zero-order valence-corrected chi connectivity index (χ0v) is 16.2. The van der Waals surface area contributed by atoms with Gasteiger partial charge >= 0.3 is 0 Å². The van der Waals surface area contributed by atoms with Crippen LogP contribution < -0.4 is 0 Å². The van der Waals surface area contributed by atoms with Crippen LogP contribution in [0, 0.1) is 5.82 Å². The van der Waals surface area contributed by atoms with E-state index >= 15 is 0 Å². The van der Waals surface area contributed by atoms with Crippen molar-refractivity contribution in [2.45, 2.75) is 19.1 Å². The van der Waals surface area contributed by atoms with Crippen molar-refractivity contribution in [3.05, 3.63) is 71.0 Å². The topological polar surface area (TPSA) is 26.8 Å². The summed E-state index contributed by atoms with van der Waals surface area (Å²) in [6.07, 6.45) is 0. The Morgan fingerprint density at radius 2 is 1.54 bits per heavy atom. The largest absolute Gasteiger partial charge is 0.340 e. The first-order chi connectivity index (χ1) is 12.3. The van der Waals surface area contributed by atoms with Gasteiger partial charge in [-0.15, -0.1) is 0 Å². The molecule has 0 saturated carbocycles. The minimum atomic E-state index is -0.517. The van der Waals surface area contributed by atoms with Gasteiger partial charge in [0.2, 0.25) is 5.91 Å². The highest BCUT2D eigenvalue weighted by Gasteiger charge is 2.26. The lowest BCUT2D eigenvalue weighted by Gasteiger charge is -2.29. The highest BCUT2D eigenvalue weighted by molar-refractivity contribution is 5.83. The summed E-state index contributed by atoms with van der Waals surface area (Å²) in [4.78, 5) is 18.7. The summed E-state index contributed by atoms with van der Waals surface area (Å²) in [6.45, 7) is 1.34. The van der Waals surface area contributed by atoms with E-state index < -0.39 is 6.04 Å². The van der Waals surface area contributed by atoms with E-state index in [-0.39, 0.29) is 11.7 Å². The van der Waals surface area contributed by atoms with Gasteiger partial charge in [-0.1, -0.05) is 36.4 Å². The summed E-state index contributed by atoms with van der Waals surface area (Å²) in [6, 6.07) is 13.9. The first kappa shape index (κ1) is 20.1. The Labute approximate surface area is 155 Å². The van der Waals surface area contributed by atoms with Crippen molar-refractivity contribution in [1.82, 2.24) is 14.7 Å². The third-order valence-electron chi connectivity index (χ3n) is 4.30. The second-order valence-corrected chi connectivity index (χ2v) is 7.12. The van der Waals surface area contributed by atoms with Gasteiger partial charge in [0, 0.05) is 20.1 Å². The third kappa shape index (κ3) is 5.13. The van der Waals surface area contributed by atoms with Gasteiger partial charge in [0.15, 0.2) is 0 Å². The van der Waals surface area contributed by atoms with Crippen LogP contribution in [0.4, 0.5) is 4.39 Å². The molecule has 1 atom stereocenters. The molecule has 0 spiro atoms. The molecule has 0 aliphatic rings. The van der Waals surface area contributed by atoms with Crippen molar-refractivity contribution >= 4 is 5.91 Å². The molecule has 2 aromatic carbocycles. The average Bonchev–Trinajstić information content (AvgIpc) is 2.56. The van der Waals surface area contributed by atoms with Crippen molar-refractivity contribution in [2.24, 2.45) is 0 Å². The molecule has 140 valence electrons. The number of hydrogen-bond acceptors (Lipinski definition) is 3. The van der Waals surface area contributed by atoms with E-state index in [1.807, 2.05) is 45.2 Å². The maximum atomic E-state index is 13.6. The monoisotopic (exact) mass is 357 g/mol. The third-order valence-corrected chi connectivity index (χ3v) is 4.30. The lowest BCUT2D eigenvalue weighted by molar-refractivity contribution is -0.135. The molecule has 2 aromatic rings. The first-order valence-corrected chi connectivity index (χ1v) is 8.68. The minimum absolute atomic E-state index is 0.0553. The zero-order valence-electron chi connectivity index (χ0n) is 16.2. The standard InChI is InChI=1S/C21H28FN3O/c1-23(2)14-17-9-6-7-10-18(17)15-25(5)21(26)20(24(3)4)16-11-8-12-19(22)13-16/h6-13,20H,14-15H2,1-5H3. The quantitative estimate of drug-likeness (QED) is 0.762. The fourth-order valence-corrected chi connectivity index (χ4v) is 3.09. The number of nitrogens with zero attached hydrogens (tertiary/aromatic N) is 3. The minimum Gasteiger partial charge on any atom is -0.340 e. The van der Waals surface area contributed by atoms with E-state index in [0.717, 1.165) is 12.1 Å². The predicted octanol–water partition coefficient (Wildman–Crippen LogP) is 3.15. The van der Waals surface area contributed by atoms with E-state index in [9.17, 15) is 9.18 Å². The van der Waals surface area contributed by atoms with Crippen molar-refractivity contribution in [1.29, 1.82) is 0 Å². The molecule has 26 heavy (non-hydrogen) atoms. The number of benzene rings is 2. The van der Waals surface area contributed by atoms with E-state index in [1.54, 1.807) is 24.1 Å². The van der Waals surface area contributed by atoms with Crippen molar-refractivity contribution in [3.63, 3.8) is 0 Å². The molecule has 0 heterocycles. The zero-order chi connectivity index (χ0) is 19.3. The Balaban J connectivity index is 2.22. The van der Waals surface area contributed by atoms with Crippen LogP contribution in [0.3, 0.4) is 0 Å². The lowest BCUT2D eigenvalue weighted by Crippen LogP contribution is -2.38. The molecule has 0 aliphatic heterocycles. The van der Waals surface area contributed by atoms with Crippen LogP contribution in [-0.2, 0) is 17.9 Å². The second-order valence-electron chi connectivity index (χ2n) is 7.12. The van der Waals surface area contributed by atoms with Crippen LogP contribution in [0.2, 0.25) is 0 Å². The van der Waals surface area contributed by atoms with Gasteiger partial charge in [0.1, 0.15) is 11.9 Å². The van der Waals surface area contributed by atoms with Crippen LogP contribution in [0.5, 0.6) is 0 Å². The Morgan fingerprint density at radius 3 is 2.08 bits per heavy atom. The van der Waals surface area contributed by atoms with Gasteiger partial charge in [0.25, 0.3) is 0 Å². The maximum Gasteiger partial charge on any atom is 0.244 e. The number of carbonyl (C=O) groups excluding carboxylic acids is 1. The van der Waals surface area contributed by atoms with Crippen molar-refractivity contribution < 1.29 is 9.18 Å². The second kappa shape index (κ2) is 8.92. The first-order valence-electron chi connectivity index (χ1n) is 8.68. The number of amides is 1. The summed E-state index contributed by atoms with van der Waals surface area (Å²) in [5, 5.41) is 0. The van der Waals surface area contributed by atoms with Crippen LogP contribution in [0.15, 0.2) is 48.5 Å². The lowest BCUT2D eigenvalue weighted by atomic mass is 10.0. The smallest absolute Gasteiger partial charge is 0.244 e. The molecular formula is C21H28FN3O. The van der Waals surface area contributed by atoms with Gasteiger partial charge < -0.3 is 9.80 Å². The Hall–Kier alpha value is -2.24. The summed E-state index contributed by atoms with van der Waals surface area (Å²) in [7, 11) is 9.52. The highest BCUT2D eigenvalue weighted by Crippen LogP contribution is 2.23. The summed E-state index contributed by atoms with van der Waals surface area (Å²) in [5.74, 6) is -0.388. The number of carbonyl (C=O) groups is 1. The van der Waals surface area contributed by atoms with Gasteiger partial charge in [0.05, 0.1) is 0 Å². The van der Waals surface area contributed by atoms with Gasteiger partial charge in [-0.2, -0.15) is 0 Å². The van der Waals surface area contributed by atoms with Crippen molar-refractivity contribution in [2.75, 3.05) is 35.2 Å². The molecular weight excluding hydrogens is 329 g/mol. The molecule has 0 bridgehead atoms. The Bertz CT molecular complexity index is 746. The molecule has 2 rings (SSSR count). The molecule has 0 radical (unpaired) electrons. The van der Waals surface area contributed by atoms with Gasteiger partial charge in [-0.05, 0) is 57.0 Å². The van der Waals surface area contributed by atoms with E-state index in [1.165, 1.54) is 17.7 Å². The van der Waals surface area contributed by atoms with Crippen molar-refractivity contribution in [3.8, 4) is 0 Å². The summed E-state index contributed by atoms with van der Waals surface area (Å²) in [5.41, 5.74) is 2.98. The normalized spacial score (nSPS) is 12.5. The number of rotatable bonds is 7. The van der Waals surface area contributed by atoms with Crippen LogP contribution >= 0.6 is 0 Å². The average molecular weight is 357 g/mol. The number of hydrogen-bond donors (Lipinski definition) is 0. The van der Waals surface area contributed by atoms with Crippen LogP contribution in [0.1, 0.15) is 22.7 Å². The molecule has 0 fully saturated rings. The molecule has 0 saturated heterocycles. The maximum absolute atomic E-state index is 13.6. The van der Waals surface area contributed by atoms with Crippen LogP contribution in [-0.4, -0.2) is 55.8 Å². The molecule has 0 aromatic heterocycles. The highest BCUT2D eigenvalue weighted by atomic mass is 19.1. The molecule has 1 amide bonds. The fraction of sp³-hybridized carbons (Fsp3) is 0.381. The fourth-order valence-electron chi connectivity index (χ4n) is 3.09. The van der Waals surface area contributed by atoms with Gasteiger partial charge in [-0.25, -0.2) is 4.39 Å². The van der Waals surface area contributed by atoms with E-state index in [4.69, 9.17) is 0 Å². The Kier molecular flexibility index (Phi) is 6.89. The molecule has 0 N–H and O–H groups in total. The summed E-state index contributed by atoms with van der Waals surface area (Å²) >= 11 is 0. The molecule has 0 aliphatic carbocycles.